The minimum atomic E-state index is -0.0770. The van der Waals surface area contributed by atoms with Gasteiger partial charge in [-0.2, -0.15) is 0 Å². The van der Waals surface area contributed by atoms with Gasteiger partial charge in [-0.15, -0.1) is 0 Å². The van der Waals surface area contributed by atoms with E-state index in [1.807, 2.05) is 0 Å². The Hall–Kier alpha value is -6.72. The molecule has 0 bridgehead atoms. The third-order valence-electron chi connectivity index (χ3n) is 21.2. The Balaban J connectivity index is 1.15. The van der Waals surface area contributed by atoms with Crippen LogP contribution in [0.15, 0.2) is 115 Å². The first-order chi connectivity index (χ1) is 40.9. The van der Waals surface area contributed by atoms with Crippen molar-refractivity contribution in [1.82, 2.24) is 19.1 Å². The molecule has 87 heavy (non-hydrogen) atoms. The van der Waals surface area contributed by atoms with Gasteiger partial charge in [-0.05, 0) is 198 Å². The van der Waals surface area contributed by atoms with Crippen molar-refractivity contribution in [2.75, 3.05) is 0 Å². The van der Waals surface area contributed by atoms with Crippen LogP contribution in [0, 0.1) is 0 Å². The van der Waals surface area contributed by atoms with Crippen molar-refractivity contribution in [2.24, 2.45) is 0 Å². The first kappa shape index (κ1) is 58.0. The molecule has 0 radical (unpaired) electrons. The van der Waals surface area contributed by atoms with Crippen molar-refractivity contribution in [1.29, 1.82) is 0 Å². The normalized spacial score (nSPS) is 16.3. The van der Waals surface area contributed by atoms with E-state index in [2.05, 4.69) is 249 Å². The highest BCUT2D eigenvalue weighted by molar-refractivity contribution is 7.00. The number of nitrogens with zero attached hydrogens (tertiary/aromatic N) is 4. The van der Waals surface area contributed by atoms with Crippen LogP contribution in [0.3, 0.4) is 0 Å². The van der Waals surface area contributed by atoms with Crippen molar-refractivity contribution in [3.63, 3.8) is 0 Å². The second-order valence-electron chi connectivity index (χ2n) is 33.7. The van der Waals surface area contributed by atoms with Crippen LogP contribution in [-0.2, 0) is 32.5 Å². The molecular formula is C82H95BN4. The second kappa shape index (κ2) is 19.9. The van der Waals surface area contributed by atoms with Crippen LogP contribution in [-0.4, -0.2) is 25.8 Å². The maximum absolute atomic E-state index is 5.93. The summed E-state index contributed by atoms with van der Waals surface area (Å²) >= 11 is 0. The summed E-state index contributed by atoms with van der Waals surface area (Å²) in [5, 5.41) is 5.71. The summed E-state index contributed by atoms with van der Waals surface area (Å²) in [6.45, 7) is 42.4. The van der Waals surface area contributed by atoms with Crippen molar-refractivity contribution in [3.8, 4) is 45.3 Å². The molecule has 0 amide bonds. The monoisotopic (exact) mass is 1150 g/mol. The third kappa shape index (κ3) is 9.67. The van der Waals surface area contributed by atoms with Crippen LogP contribution in [0.2, 0.25) is 0 Å². The Kier molecular flexibility index (Phi) is 13.3. The minimum Gasteiger partial charge on any atom is -0.310 e. The Morgan fingerprint density at radius 1 is 0.356 bits per heavy atom. The summed E-state index contributed by atoms with van der Waals surface area (Å²) in [5.41, 5.74) is 28.1. The summed E-state index contributed by atoms with van der Waals surface area (Å²) in [6.07, 6.45) is 12.8. The lowest BCUT2D eigenvalue weighted by atomic mass is 9.34. The van der Waals surface area contributed by atoms with Crippen molar-refractivity contribution in [2.45, 2.75) is 233 Å². The Labute approximate surface area is 521 Å². The highest BCUT2D eigenvalue weighted by atomic mass is 15.0. The molecule has 446 valence electrons. The molecule has 2 aliphatic carbocycles. The highest BCUT2D eigenvalue weighted by Crippen LogP contribution is 2.49. The van der Waals surface area contributed by atoms with Crippen LogP contribution < -0.4 is 16.4 Å². The first-order valence-corrected chi connectivity index (χ1v) is 33.6. The van der Waals surface area contributed by atoms with Gasteiger partial charge in [-0.25, -0.2) is 9.97 Å². The SMILES string of the molecule is CC(C)(C)c1cc(-c2cc(-c3cc(C(C)(C)C)cc(C(C)(C)C)c3)nc(-c3cc4c5c(c3)-n3c6ccc(C(C)(C)C)cc6c6c(C7CCCCC7)ccc(c63)B5c3ccc(C5CCCCC5)c5c6cc(C(C)(C)C)ccc6n-4c35)n2)cc(C(C)(C)C)c1. The van der Waals surface area contributed by atoms with Gasteiger partial charge in [0.05, 0.1) is 22.4 Å². The molecule has 2 aliphatic heterocycles. The molecule has 5 heteroatoms. The van der Waals surface area contributed by atoms with Gasteiger partial charge in [0, 0.05) is 60.6 Å². The summed E-state index contributed by atoms with van der Waals surface area (Å²) in [6, 6.07) is 47.3. The molecule has 4 aliphatic rings. The van der Waals surface area contributed by atoms with E-state index in [1.54, 1.807) is 11.1 Å². The Morgan fingerprint density at radius 3 is 1.06 bits per heavy atom. The maximum atomic E-state index is 5.93. The third-order valence-corrected chi connectivity index (χ3v) is 21.2. The molecule has 0 unspecified atom stereocenters. The predicted octanol–water partition coefficient (Wildman–Crippen LogP) is 20.7. The van der Waals surface area contributed by atoms with Crippen LogP contribution in [0.5, 0.6) is 0 Å². The molecule has 10 aromatic rings. The van der Waals surface area contributed by atoms with Gasteiger partial charge in [0.25, 0.3) is 6.71 Å². The van der Waals surface area contributed by atoms with E-state index in [0.29, 0.717) is 11.8 Å². The molecule has 0 atom stereocenters. The minimum absolute atomic E-state index is 0.0155. The molecule has 0 saturated heterocycles. The summed E-state index contributed by atoms with van der Waals surface area (Å²) in [4.78, 5) is 11.9. The molecule has 4 nitrogen and oxygen atoms in total. The topological polar surface area (TPSA) is 35.6 Å². The van der Waals surface area contributed by atoms with Gasteiger partial charge in [-0.1, -0.05) is 212 Å². The lowest BCUT2D eigenvalue weighted by Gasteiger charge is -2.35. The van der Waals surface area contributed by atoms with E-state index in [1.165, 1.54) is 169 Å². The average molecular weight is 1150 g/mol. The van der Waals surface area contributed by atoms with Crippen LogP contribution in [0.25, 0.3) is 88.9 Å². The molecule has 14 rings (SSSR count). The smallest absolute Gasteiger partial charge is 0.252 e. The quantitative estimate of drug-likeness (QED) is 0.161. The zero-order valence-corrected chi connectivity index (χ0v) is 56.1. The lowest BCUT2D eigenvalue weighted by molar-refractivity contribution is 0.445. The predicted molar refractivity (Wildman–Crippen MR) is 376 cm³/mol. The molecule has 7 aromatic carbocycles. The number of hydrogen-bond donors (Lipinski definition) is 0. The zero-order chi connectivity index (χ0) is 61.4. The molecule has 0 N–H and O–H groups in total. The second-order valence-corrected chi connectivity index (χ2v) is 33.7. The first-order valence-electron chi connectivity index (χ1n) is 33.6. The summed E-state index contributed by atoms with van der Waals surface area (Å²) in [7, 11) is 0. The molecule has 2 saturated carbocycles. The van der Waals surface area contributed by atoms with Gasteiger partial charge in [0.15, 0.2) is 5.82 Å². The Morgan fingerprint density at radius 2 is 0.713 bits per heavy atom. The van der Waals surface area contributed by atoms with Crippen molar-refractivity contribution in [3.05, 3.63) is 160 Å². The van der Waals surface area contributed by atoms with E-state index < -0.39 is 0 Å². The van der Waals surface area contributed by atoms with Crippen molar-refractivity contribution >= 4 is 66.7 Å². The Bertz CT molecular complexity index is 4120. The largest absolute Gasteiger partial charge is 0.310 e. The molecular weight excluding hydrogens is 1050 g/mol. The van der Waals surface area contributed by atoms with Crippen LogP contribution >= 0.6 is 0 Å². The highest BCUT2D eigenvalue weighted by Gasteiger charge is 2.43. The number of rotatable bonds is 5. The van der Waals surface area contributed by atoms with Gasteiger partial charge < -0.3 is 9.13 Å². The van der Waals surface area contributed by atoms with Gasteiger partial charge in [0.1, 0.15) is 0 Å². The maximum Gasteiger partial charge on any atom is 0.252 e. The van der Waals surface area contributed by atoms with Crippen LogP contribution in [0.4, 0.5) is 0 Å². The summed E-state index contributed by atoms with van der Waals surface area (Å²) < 4.78 is 5.46. The van der Waals surface area contributed by atoms with Gasteiger partial charge >= 0.3 is 0 Å². The molecule has 2 fully saturated rings. The van der Waals surface area contributed by atoms with E-state index in [4.69, 9.17) is 9.97 Å². The van der Waals surface area contributed by atoms with E-state index in [0.717, 1.165) is 33.9 Å². The lowest BCUT2D eigenvalue weighted by Crippen LogP contribution is -2.59. The van der Waals surface area contributed by atoms with Crippen molar-refractivity contribution < 1.29 is 0 Å². The molecule has 0 spiro atoms. The number of aromatic nitrogens is 4. The molecule has 5 heterocycles. The van der Waals surface area contributed by atoms with Gasteiger partial charge in [0.2, 0.25) is 0 Å². The standard InChI is InChI=1S/C82H95BN4/c1-77(2,3)53-29-35-67-61(45-53)71-59(48-25-21-19-22-26-48)31-33-63-74(71)86(67)69-41-52(42-70-73(69)83(63)64-34-32-60(49-27-23-20-24-28-49)72-62-46-54(78(4,5)6)30-36-68(62)87(70)75(64)72)76-84-65(50-37-55(79(7,8)9)43-56(38-50)80(10,11)12)47-66(85-76)51-39-57(81(13,14)15)44-58(40-51)82(16,17)18/h29-49H,19-28H2,1-18H3. The van der Waals surface area contributed by atoms with Gasteiger partial charge in [-0.3, -0.25) is 0 Å². The number of benzene rings is 7. The number of hydrogen-bond acceptors (Lipinski definition) is 2. The van der Waals surface area contributed by atoms with E-state index in [9.17, 15) is 0 Å². The zero-order valence-electron chi connectivity index (χ0n) is 56.1. The average Bonchev–Trinajstić information content (AvgIpc) is 1.57. The fraction of sp³-hybridized carbons (Fsp3) is 0.439. The number of fused-ring (bicyclic) bond motifs is 10. The molecule has 3 aromatic heterocycles. The fourth-order valence-corrected chi connectivity index (χ4v) is 15.9. The van der Waals surface area contributed by atoms with E-state index in [-0.39, 0.29) is 39.2 Å². The fourth-order valence-electron chi connectivity index (χ4n) is 15.9. The summed E-state index contributed by atoms with van der Waals surface area (Å²) in [5.74, 6) is 1.81. The van der Waals surface area contributed by atoms with E-state index >= 15 is 0 Å². The van der Waals surface area contributed by atoms with Crippen LogP contribution in [0.1, 0.15) is 245 Å².